The van der Waals surface area contributed by atoms with Crippen molar-refractivity contribution in [2.24, 2.45) is 0 Å². The van der Waals surface area contributed by atoms with Crippen LogP contribution in [0, 0.1) is 27.7 Å². The van der Waals surface area contributed by atoms with E-state index in [2.05, 4.69) is 92.9 Å². The van der Waals surface area contributed by atoms with Crippen LogP contribution in [0.25, 0.3) is 49.9 Å². The number of aromatic nitrogens is 2. The van der Waals surface area contributed by atoms with E-state index in [0.717, 1.165) is 33.4 Å². The van der Waals surface area contributed by atoms with Crippen molar-refractivity contribution in [2.45, 2.75) is 27.7 Å². The van der Waals surface area contributed by atoms with Crippen molar-refractivity contribution in [2.75, 3.05) is 0 Å². The van der Waals surface area contributed by atoms with Gasteiger partial charge in [-0.3, -0.25) is 4.57 Å². The van der Waals surface area contributed by atoms with E-state index >= 15 is 0 Å². The molecule has 6 aromatic rings. The maximum atomic E-state index is 6.05. The molecule has 0 saturated carbocycles. The highest BCUT2D eigenvalue weighted by atomic mass is 16.3. The zero-order chi connectivity index (χ0) is 22.0. The zero-order valence-electron chi connectivity index (χ0n) is 18.7. The first-order chi connectivity index (χ1) is 15.5. The van der Waals surface area contributed by atoms with Crippen molar-refractivity contribution < 1.29 is 4.42 Å². The molecule has 0 aliphatic heterocycles. The molecule has 0 unspecified atom stereocenters. The van der Waals surface area contributed by atoms with Crippen LogP contribution in [0.4, 0.5) is 0 Å². The highest BCUT2D eigenvalue weighted by molar-refractivity contribution is 6.03. The number of imidazole rings is 1. The summed E-state index contributed by atoms with van der Waals surface area (Å²) in [4.78, 5) is 5.09. The lowest BCUT2D eigenvalue weighted by molar-refractivity contribution is 0.617. The van der Waals surface area contributed by atoms with Crippen LogP contribution < -0.4 is 0 Å². The molecule has 0 atom stereocenters. The van der Waals surface area contributed by atoms with Crippen LogP contribution in [0.1, 0.15) is 22.3 Å². The predicted molar refractivity (Wildman–Crippen MR) is 133 cm³/mol. The molecule has 2 heterocycles. The number of fused-ring (bicyclic) bond motifs is 3. The molecule has 3 heteroatoms. The van der Waals surface area contributed by atoms with Gasteiger partial charge in [-0.15, -0.1) is 0 Å². The second-order valence-corrected chi connectivity index (χ2v) is 8.86. The number of hydrogen-bond donors (Lipinski definition) is 0. The van der Waals surface area contributed by atoms with Crippen LogP contribution in [0.5, 0.6) is 0 Å². The standard InChI is InChI=1S/C29H24N2O/c1-17-9-10-21-15-27-23(14-22(21)13-17)24(16-32-27)29-30-25-7-5-6-8-26(25)31(29)28-19(3)11-18(2)12-20(28)4/h5-16H,1-4H3. The van der Waals surface area contributed by atoms with Gasteiger partial charge in [0.2, 0.25) is 0 Å². The summed E-state index contributed by atoms with van der Waals surface area (Å²) >= 11 is 0. The minimum Gasteiger partial charge on any atom is -0.464 e. The third kappa shape index (κ3) is 2.78. The van der Waals surface area contributed by atoms with Crippen molar-refractivity contribution in [1.82, 2.24) is 9.55 Å². The molecule has 0 amide bonds. The summed E-state index contributed by atoms with van der Waals surface area (Å²) < 4.78 is 8.35. The second-order valence-electron chi connectivity index (χ2n) is 8.86. The highest BCUT2D eigenvalue weighted by Crippen LogP contribution is 2.37. The molecule has 0 N–H and O–H groups in total. The third-order valence-corrected chi connectivity index (χ3v) is 6.35. The third-order valence-electron chi connectivity index (χ3n) is 6.35. The van der Waals surface area contributed by atoms with Crippen LogP contribution in [0.2, 0.25) is 0 Å². The van der Waals surface area contributed by atoms with E-state index in [1.54, 1.807) is 0 Å². The highest BCUT2D eigenvalue weighted by Gasteiger charge is 2.21. The van der Waals surface area contributed by atoms with Gasteiger partial charge in [-0.1, -0.05) is 53.6 Å². The molecule has 4 aromatic carbocycles. The van der Waals surface area contributed by atoms with Gasteiger partial charge in [0.05, 0.1) is 22.3 Å². The van der Waals surface area contributed by atoms with E-state index in [4.69, 9.17) is 9.40 Å². The molecular weight excluding hydrogens is 392 g/mol. The minimum absolute atomic E-state index is 0.882. The molecule has 0 radical (unpaired) electrons. The zero-order valence-corrected chi connectivity index (χ0v) is 18.7. The first kappa shape index (κ1) is 18.9. The molecule has 0 aliphatic rings. The Bertz CT molecular complexity index is 1640. The normalized spacial score (nSPS) is 11.8. The van der Waals surface area contributed by atoms with Gasteiger partial charge in [-0.05, 0) is 73.9 Å². The Labute approximate surface area is 186 Å². The van der Waals surface area contributed by atoms with E-state index < -0.39 is 0 Å². The Morgan fingerprint density at radius 2 is 1.53 bits per heavy atom. The number of hydrogen-bond acceptors (Lipinski definition) is 2. The van der Waals surface area contributed by atoms with Crippen molar-refractivity contribution >= 4 is 32.8 Å². The molecule has 2 aromatic heterocycles. The monoisotopic (exact) mass is 416 g/mol. The minimum atomic E-state index is 0.882. The Hall–Kier alpha value is -3.85. The smallest absolute Gasteiger partial charge is 0.149 e. The number of nitrogens with zero attached hydrogens (tertiary/aromatic N) is 2. The van der Waals surface area contributed by atoms with E-state index in [1.165, 1.54) is 38.7 Å². The van der Waals surface area contributed by atoms with Crippen LogP contribution in [-0.4, -0.2) is 9.55 Å². The van der Waals surface area contributed by atoms with E-state index in [9.17, 15) is 0 Å². The Morgan fingerprint density at radius 3 is 2.34 bits per heavy atom. The topological polar surface area (TPSA) is 31.0 Å². The fraction of sp³-hybridized carbons (Fsp3) is 0.138. The summed E-state index contributed by atoms with van der Waals surface area (Å²) in [6.07, 6.45) is 1.85. The molecule has 32 heavy (non-hydrogen) atoms. The van der Waals surface area contributed by atoms with Crippen molar-refractivity contribution in [3.05, 3.63) is 95.2 Å². The summed E-state index contributed by atoms with van der Waals surface area (Å²) in [7, 11) is 0. The first-order valence-corrected chi connectivity index (χ1v) is 11.0. The molecule has 6 rings (SSSR count). The molecule has 0 saturated heterocycles. The first-order valence-electron chi connectivity index (χ1n) is 11.0. The molecule has 156 valence electrons. The van der Waals surface area contributed by atoms with Gasteiger partial charge in [0.15, 0.2) is 0 Å². The summed E-state index contributed by atoms with van der Waals surface area (Å²) in [5.74, 6) is 0.909. The molecule has 3 nitrogen and oxygen atoms in total. The number of rotatable bonds is 2. The van der Waals surface area contributed by atoms with Gasteiger partial charge in [0.1, 0.15) is 17.7 Å². The Kier molecular flexibility index (Phi) is 4.03. The molecule has 0 aliphatic carbocycles. The molecule has 0 spiro atoms. The molecule has 0 bridgehead atoms. The van der Waals surface area contributed by atoms with Crippen LogP contribution >= 0.6 is 0 Å². The fourth-order valence-electron chi connectivity index (χ4n) is 5.02. The molecule has 0 fully saturated rings. The summed E-state index contributed by atoms with van der Waals surface area (Å²) in [6.45, 7) is 8.63. The maximum absolute atomic E-state index is 6.05. The number of benzene rings is 4. The second kappa shape index (κ2) is 6.83. The van der Waals surface area contributed by atoms with E-state index in [1.807, 2.05) is 12.3 Å². The summed E-state index contributed by atoms with van der Waals surface area (Å²) in [5.41, 5.74) is 10.2. The number of para-hydroxylation sites is 2. The average Bonchev–Trinajstić information content (AvgIpc) is 3.32. The Morgan fingerprint density at radius 1 is 0.750 bits per heavy atom. The lowest BCUT2D eigenvalue weighted by Crippen LogP contribution is -2.03. The fourth-order valence-corrected chi connectivity index (χ4v) is 5.02. The maximum Gasteiger partial charge on any atom is 0.149 e. The number of furan rings is 1. The van der Waals surface area contributed by atoms with Gasteiger partial charge in [0, 0.05) is 5.39 Å². The van der Waals surface area contributed by atoms with Gasteiger partial charge in [0.25, 0.3) is 0 Å². The summed E-state index contributed by atoms with van der Waals surface area (Å²) in [6, 6.07) is 23.7. The van der Waals surface area contributed by atoms with E-state index in [0.29, 0.717) is 0 Å². The lowest BCUT2D eigenvalue weighted by atomic mass is 10.0. The van der Waals surface area contributed by atoms with Crippen LogP contribution in [0.3, 0.4) is 0 Å². The van der Waals surface area contributed by atoms with Crippen molar-refractivity contribution in [3.63, 3.8) is 0 Å². The van der Waals surface area contributed by atoms with E-state index in [-0.39, 0.29) is 0 Å². The summed E-state index contributed by atoms with van der Waals surface area (Å²) in [5, 5.41) is 3.48. The SMILES string of the molecule is Cc1cc(C)c(-n2c(-c3coc4cc5ccc(C)cc5cc34)nc3ccccc32)c(C)c1. The van der Waals surface area contributed by atoms with Gasteiger partial charge in [-0.2, -0.15) is 0 Å². The van der Waals surface area contributed by atoms with Gasteiger partial charge >= 0.3 is 0 Å². The molecular formula is C29H24N2O. The Balaban J connectivity index is 1.71. The predicted octanol–water partition coefficient (Wildman–Crippen LogP) is 7.83. The van der Waals surface area contributed by atoms with Crippen molar-refractivity contribution in [1.29, 1.82) is 0 Å². The van der Waals surface area contributed by atoms with Crippen molar-refractivity contribution in [3.8, 4) is 17.1 Å². The number of aryl methyl sites for hydroxylation is 4. The quantitative estimate of drug-likeness (QED) is 0.288. The van der Waals surface area contributed by atoms with Crippen LogP contribution in [0.15, 0.2) is 77.4 Å². The average molecular weight is 417 g/mol. The van der Waals surface area contributed by atoms with Gasteiger partial charge < -0.3 is 4.42 Å². The van der Waals surface area contributed by atoms with Crippen LogP contribution in [-0.2, 0) is 0 Å². The lowest BCUT2D eigenvalue weighted by Gasteiger charge is -2.16. The largest absolute Gasteiger partial charge is 0.464 e. The van der Waals surface area contributed by atoms with Gasteiger partial charge in [-0.25, -0.2) is 4.98 Å².